The molecule has 0 aliphatic rings. The van der Waals surface area contributed by atoms with Gasteiger partial charge in [0.25, 0.3) is 0 Å². The highest BCUT2D eigenvalue weighted by Crippen LogP contribution is 1.83. The molecule has 3 N–H and O–H groups in total. The van der Waals surface area contributed by atoms with E-state index in [-0.39, 0.29) is 2.85 Å². The van der Waals surface area contributed by atoms with Crippen molar-refractivity contribution in [3.63, 3.8) is 0 Å². The van der Waals surface area contributed by atoms with Crippen LogP contribution in [-0.4, -0.2) is 92.5 Å². The minimum Gasteiger partial charge on any atom is -0.378 e. The zero-order valence-corrected chi connectivity index (χ0v) is 17.1. The average molecular weight is 387 g/mol. The van der Waals surface area contributed by atoms with E-state index >= 15 is 0 Å². The van der Waals surface area contributed by atoms with Gasteiger partial charge >= 0.3 is 0 Å². The van der Waals surface area contributed by atoms with Gasteiger partial charge in [0.15, 0.2) is 0 Å². The monoisotopic (exact) mass is 386 g/mol. The molecule has 0 spiro atoms. The second-order valence-corrected chi connectivity index (χ2v) is 4.90. The molecule has 0 aromatic heterocycles. The molecule has 0 aromatic rings. The van der Waals surface area contributed by atoms with E-state index in [1.165, 1.54) is 0 Å². The van der Waals surface area contributed by atoms with E-state index in [2.05, 4.69) is 12.2 Å². The van der Waals surface area contributed by atoms with Crippen molar-refractivity contribution in [2.45, 2.75) is 27.2 Å². The second-order valence-electron chi connectivity index (χ2n) is 4.90. The van der Waals surface area contributed by atoms with Crippen LogP contribution >= 0.6 is 0 Å². The van der Waals surface area contributed by atoms with Crippen molar-refractivity contribution in [2.24, 2.45) is 5.73 Å². The van der Waals surface area contributed by atoms with E-state index in [1.54, 1.807) is 0 Å². The summed E-state index contributed by atoms with van der Waals surface area (Å²) in [5, 5.41) is 3.14. The van der Waals surface area contributed by atoms with E-state index in [4.69, 9.17) is 34.2 Å². The smallest absolute Gasteiger partial charge is 0.0966 e. The first-order valence-electron chi connectivity index (χ1n) is 9.79. The molecule has 8 nitrogen and oxygen atoms in total. The summed E-state index contributed by atoms with van der Waals surface area (Å²) in [6.07, 6.45) is 1.04. The minimum atomic E-state index is 0. The van der Waals surface area contributed by atoms with Crippen molar-refractivity contribution in [2.75, 3.05) is 92.5 Å². The summed E-state index contributed by atoms with van der Waals surface area (Å²) in [5.74, 6) is 0. The highest BCUT2D eigenvalue weighted by Gasteiger charge is 1.93. The van der Waals surface area contributed by atoms with Crippen molar-refractivity contribution in [1.29, 1.82) is 0 Å². The molecule has 0 rings (SSSR count). The first-order chi connectivity index (χ1) is 12.9. The Hall–Kier alpha value is -0.320. The molecule has 0 atom stereocenters. The first-order valence-corrected chi connectivity index (χ1v) is 9.79. The predicted octanol–water partition coefficient (Wildman–Crippen LogP) is 1.52. The van der Waals surface area contributed by atoms with Gasteiger partial charge in [-0.3, -0.25) is 5.32 Å². The molecule has 26 heavy (non-hydrogen) atoms. The van der Waals surface area contributed by atoms with Crippen molar-refractivity contribution >= 4 is 0 Å². The van der Waals surface area contributed by atoms with Crippen LogP contribution in [0, 0.1) is 0 Å². The molecule has 0 heterocycles. The van der Waals surface area contributed by atoms with Crippen LogP contribution in [0.2, 0.25) is 0 Å². The standard InChI is InChI=1S/C16H36N2O6.C2H6.2H2/c1-2-5-24-16-18-4-7-20-9-11-22-13-15-23-14-12-21-10-8-19-6-3-17;1-2;;/h18H,2-17H2,1H3;1-2H3;2*1H. The van der Waals surface area contributed by atoms with Crippen molar-refractivity contribution in [3.8, 4) is 0 Å². The normalized spacial score (nSPS) is 10.6. The zero-order valence-electron chi connectivity index (χ0n) is 17.1. The van der Waals surface area contributed by atoms with Gasteiger partial charge < -0.3 is 34.2 Å². The van der Waals surface area contributed by atoms with Gasteiger partial charge in [0, 0.05) is 22.5 Å². The third kappa shape index (κ3) is 28.5. The lowest BCUT2D eigenvalue weighted by molar-refractivity contribution is -0.0106. The Balaban J connectivity index is -0.000000695. The Kier molecular flexibility index (Phi) is 31.6. The Morgan fingerprint density at radius 3 is 1.46 bits per heavy atom. The van der Waals surface area contributed by atoms with Gasteiger partial charge in [0.05, 0.1) is 72.8 Å². The summed E-state index contributed by atoms with van der Waals surface area (Å²) in [6.45, 7) is 14.5. The quantitative estimate of drug-likeness (QED) is 0.227. The topological polar surface area (TPSA) is 93.4 Å². The molecule has 0 amide bonds. The van der Waals surface area contributed by atoms with E-state index in [9.17, 15) is 0 Å². The molecule has 0 fully saturated rings. The van der Waals surface area contributed by atoms with Gasteiger partial charge in [-0.05, 0) is 6.42 Å². The van der Waals surface area contributed by atoms with E-state index in [0.29, 0.717) is 79.3 Å². The summed E-state index contributed by atoms with van der Waals surface area (Å²) in [6, 6.07) is 0. The van der Waals surface area contributed by atoms with Crippen LogP contribution in [0.5, 0.6) is 0 Å². The van der Waals surface area contributed by atoms with Crippen LogP contribution in [0.3, 0.4) is 0 Å². The SMILES string of the molecule is CC.CCCOCNCCOCCOCCOCCOCCOCCN.[HH].[HH]. The third-order valence-electron chi connectivity index (χ3n) is 2.73. The van der Waals surface area contributed by atoms with E-state index in [1.807, 2.05) is 13.8 Å². The molecular weight excluding hydrogens is 340 g/mol. The fraction of sp³-hybridized carbons (Fsp3) is 1.00. The van der Waals surface area contributed by atoms with Gasteiger partial charge in [-0.15, -0.1) is 0 Å². The van der Waals surface area contributed by atoms with Gasteiger partial charge in [-0.1, -0.05) is 20.8 Å². The lowest BCUT2D eigenvalue weighted by Gasteiger charge is -2.08. The maximum Gasteiger partial charge on any atom is 0.0966 e. The maximum absolute atomic E-state index is 5.42. The van der Waals surface area contributed by atoms with Gasteiger partial charge in [0.1, 0.15) is 0 Å². The number of nitrogens with two attached hydrogens (primary N) is 1. The molecule has 0 aliphatic heterocycles. The van der Waals surface area contributed by atoms with Crippen LogP contribution in [-0.2, 0) is 28.4 Å². The van der Waals surface area contributed by atoms with E-state index < -0.39 is 0 Å². The lowest BCUT2D eigenvalue weighted by atomic mass is 10.5. The van der Waals surface area contributed by atoms with Gasteiger partial charge in [-0.25, -0.2) is 0 Å². The third-order valence-corrected chi connectivity index (χ3v) is 2.73. The molecule has 0 aromatic carbocycles. The van der Waals surface area contributed by atoms with Crippen molar-refractivity contribution in [1.82, 2.24) is 5.32 Å². The maximum atomic E-state index is 5.42. The Morgan fingerprint density at radius 1 is 0.615 bits per heavy atom. The van der Waals surface area contributed by atoms with Crippen LogP contribution in [0.15, 0.2) is 0 Å². The first kappa shape index (κ1) is 27.9. The Bertz CT molecular complexity index is 214. The highest BCUT2D eigenvalue weighted by molar-refractivity contribution is 4.40. The molecule has 8 heteroatoms. The molecule has 0 aliphatic carbocycles. The summed E-state index contributed by atoms with van der Waals surface area (Å²) >= 11 is 0. The summed E-state index contributed by atoms with van der Waals surface area (Å²) in [5.41, 5.74) is 5.30. The van der Waals surface area contributed by atoms with Crippen LogP contribution in [0.4, 0.5) is 0 Å². The summed E-state index contributed by atoms with van der Waals surface area (Å²) in [7, 11) is 0. The highest BCUT2D eigenvalue weighted by atomic mass is 16.6. The molecule has 164 valence electrons. The molecule has 0 radical (unpaired) electrons. The lowest BCUT2D eigenvalue weighted by Crippen LogP contribution is -2.23. The Labute approximate surface area is 162 Å². The Morgan fingerprint density at radius 2 is 1.04 bits per heavy atom. The van der Waals surface area contributed by atoms with Crippen LogP contribution < -0.4 is 11.1 Å². The number of nitrogens with one attached hydrogen (secondary N) is 1. The molecular formula is C18H46N2O6. The number of hydrogen-bond acceptors (Lipinski definition) is 8. The van der Waals surface area contributed by atoms with Crippen LogP contribution in [0.25, 0.3) is 0 Å². The molecule has 0 unspecified atom stereocenters. The molecule has 0 saturated carbocycles. The minimum absolute atomic E-state index is 0. The molecule has 0 bridgehead atoms. The summed E-state index contributed by atoms with van der Waals surface area (Å²) in [4.78, 5) is 0. The predicted molar refractivity (Wildman–Crippen MR) is 108 cm³/mol. The zero-order chi connectivity index (χ0) is 19.6. The fourth-order valence-electron chi connectivity index (χ4n) is 1.57. The van der Waals surface area contributed by atoms with Crippen molar-refractivity contribution in [3.05, 3.63) is 0 Å². The summed E-state index contributed by atoms with van der Waals surface area (Å²) < 4.78 is 32.0. The van der Waals surface area contributed by atoms with Gasteiger partial charge in [0.2, 0.25) is 0 Å². The largest absolute Gasteiger partial charge is 0.378 e. The van der Waals surface area contributed by atoms with Gasteiger partial charge in [-0.2, -0.15) is 0 Å². The average Bonchev–Trinajstić information content (AvgIpc) is 2.68. The number of rotatable bonds is 21. The van der Waals surface area contributed by atoms with Crippen LogP contribution in [0.1, 0.15) is 30.0 Å². The molecule has 0 saturated heterocycles. The van der Waals surface area contributed by atoms with E-state index in [0.717, 1.165) is 19.6 Å². The van der Waals surface area contributed by atoms with Crippen molar-refractivity contribution < 1.29 is 31.3 Å². The number of hydrogen-bond donors (Lipinski definition) is 2. The second kappa shape index (κ2) is 29.4. The fourth-order valence-corrected chi connectivity index (χ4v) is 1.57. The number of ether oxygens (including phenoxy) is 6.